The van der Waals surface area contributed by atoms with E-state index in [1.165, 1.54) is 5.56 Å². The molecule has 0 aliphatic rings. The van der Waals surface area contributed by atoms with E-state index in [4.69, 9.17) is 4.74 Å². The topological polar surface area (TPSA) is 58.6 Å². The summed E-state index contributed by atoms with van der Waals surface area (Å²) in [6, 6.07) is 15.4. The molecule has 1 N–H and O–H groups in total. The molecule has 5 nitrogen and oxygen atoms in total. The fourth-order valence-electron chi connectivity index (χ4n) is 3.44. The highest BCUT2D eigenvalue weighted by molar-refractivity contribution is 9.10. The predicted molar refractivity (Wildman–Crippen MR) is 133 cm³/mol. The lowest BCUT2D eigenvalue weighted by Crippen LogP contribution is -2.52. The molecule has 0 aliphatic carbocycles. The Morgan fingerprint density at radius 2 is 1.75 bits per heavy atom. The standard InChI is InChI=1S/C26H35BrN2O3/c1-5-19(4)28-26(31)23(7-3)29(16-15-21-11-9-8-10-12-21)25(30)18-32-24-14-13-20(6-2)17-22(24)27/h8-14,17,19,23H,5-7,15-16,18H2,1-4H3,(H,28,31)/t19-,23+/m0/s1. The third kappa shape index (κ3) is 7.66. The zero-order chi connectivity index (χ0) is 23.5. The Kier molecular flexibility index (Phi) is 10.7. The van der Waals surface area contributed by atoms with Gasteiger partial charge in [0.2, 0.25) is 5.91 Å². The number of nitrogens with one attached hydrogen (secondary N) is 1. The van der Waals surface area contributed by atoms with Crippen LogP contribution in [0.4, 0.5) is 0 Å². The summed E-state index contributed by atoms with van der Waals surface area (Å²) in [5.41, 5.74) is 2.31. The van der Waals surface area contributed by atoms with Gasteiger partial charge in [0.05, 0.1) is 4.47 Å². The molecule has 0 fully saturated rings. The lowest BCUT2D eigenvalue weighted by molar-refractivity contribution is -0.142. The first-order valence-electron chi connectivity index (χ1n) is 11.4. The molecule has 0 saturated heterocycles. The van der Waals surface area contributed by atoms with E-state index < -0.39 is 6.04 Å². The Bertz CT molecular complexity index is 873. The van der Waals surface area contributed by atoms with E-state index in [1.54, 1.807) is 4.90 Å². The van der Waals surface area contributed by atoms with E-state index in [2.05, 4.69) is 28.2 Å². The minimum atomic E-state index is -0.533. The number of nitrogens with zero attached hydrogens (tertiary/aromatic N) is 1. The number of hydrogen-bond donors (Lipinski definition) is 1. The Hall–Kier alpha value is -2.34. The van der Waals surface area contributed by atoms with Crippen LogP contribution < -0.4 is 10.1 Å². The zero-order valence-corrected chi connectivity index (χ0v) is 21.2. The van der Waals surface area contributed by atoms with Crippen molar-refractivity contribution in [3.05, 3.63) is 64.1 Å². The molecule has 2 rings (SSSR count). The van der Waals surface area contributed by atoms with E-state index in [1.807, 2.05) is 69.3 Å². The van der Waals surface area contributed by atoms with Crippen molar-refractivity contribution in [2.24, 2.45) is 0 Å². The minimum Gasteiger partial charge on any atom is -0.483 e. The van der Waals surface area contributed by atoms with Gasteiger partial charge in [-0.3, -0.25) is 9.59 Å². The van der Waals surface area contributed by atoms with Crippen molar-refractivity contribution >= 4 is 27.7 Å². The van der Waals surface area contributed by atoms with Crippen molar-refractivity contribution in [3.63, 3.8) is 0 Å². The maximum Gasteiger partial charge on any atom is 0.261 e. The average Bonchev–Trinajstić information content (AvgIpc) is 2.81. The molecule has 0 aromatic heterocycles. The molecule has 2 aromatic carbocycles. The fourth-order valence-corrected chi connectivity index (χ4v) is 3.98. The van der Waals surface area contributed by atoms with E-state index in [-0.39, 0.29) is 24.5 Å². The van der Waals surface area contributed by atoms with Crippen LogP contribution in [0.3, 0.4) is 0 Å². The highest BCUT2D eigenvalue weighted by Crippen LogP contribution is 2.26. The van der Waals surface area contributed by atoms with Crippen molar-refractivity contribution in [1.29, 1.82) is 0 Å². The molecule has 2 atom stereocenters. The van der Waals surface area contributed by atoms with Crippen LogP contribution >= 0.6 is 15.9 Å². The first-order valence-corrected chi connectivity index (χ1v) is 12.2. The summed E-state index contributed by atoms with van der Waals surface area (Å²) < 4.78 is 6.66. The van der Waals surface area contributed by atoms with Crippen LogP contribution in [0, 0.1) is 0 Å². The lowest BCUT2D eigenvalue weighted by Gasteiger charge is -2.31. The molecular weight excluding hydrogens is 468 g/mol. The maximum absolute atomic E-state index is 13.2. The Morgan fingerprint density at radius 3 is 2.34 bits per heavy atom. The summed E-state index contributed by atoms with van der Waals surface area (Å²) in [4.78, 5) is 27.9. The highest BCUT2D eigenvalue weighted by Gasteiger charge is 2.29. The molecule has 174 valence electrons. The minimum absolute atomic E-state index is 0.0620. The van der Waals surface area contributed by atoms with E-state index in [9.17, 15) is 9.59 Å². The van der Waals surface area contributed by atoms with Gasteiger partial charge in [0.1, 0.15) is 11.8 Å². The smallest absolute Gasteiger partial charge is 0.261 e. The van der Waals surface area contributed by atoms with Gasteiger partial charge in [0, 0.05) is 12.6 Å². The molecule has 0 aliphatic heterocycles. The highest BCUT2D eigenvalue weighted by atomic mass is 79.9. The van der Waals surface area contributed by atoms with Gasteiger partial charge in [0.25, 0.3) is 5.91 Å². The van der Waals surface area contributed by atoms with Gasteiger partial charge in [-0.25, -0.2) is 0 Å². The molecular formula is C26H35BrN2O3. The second-order valence-corrected chi connectivity index (χ2v) is 8.83. The van der Waals surface area contributed by atoms with Crippen LogP contribution in [-0.4, -0.2) is 41.9 Å². The normalized spacial score (nSPS) is 12.7. The summed E-state index contributed by atoms with van der Waals surface area (Å²) in [5, 5.41) is 3.03. The number of rotatable bonds is 12. The van der Waals surface area contributed by atoms with Crippen LogP contribution in [0.5, 0.6) is 5.75 Å². The molecule has 32 heavy (non-hydrogen) atoms. The van der Waals surface area contributed by atoms with Gasteiger partial charge < -0.3 is 15.0 Å². The molecule has 6 heteroatoms. The first-order chi connectivity index (χ1) is 15.4. The van der Waals surface area contributed by atoms with Crippen LogP contribution in [-0.2, 0) is 22.4 Å². The third-order valence-electron chi connectivity index (χ3n) is 5.63. The third-order valence-corrected chi connectivity index (χ3v) is 6.25. The number of amides is 2. The largest absolute Gasteiger partial charge is 0.483 e. The Balaban J connectivity index is 2.15. The number of carbonyl (C=O) groups is 2. The van der Waals surface area contributed by atoms with Gasteiger partial charge in [0.15, 0.2) is 6.61 Å². The van der Waals surface area contributed by atoms with Crippen molar-refractivity contribution in [3.8, 4) is 5.75 Å². The monoisotopic (exact) mass is 502 g/mol. The van der Waals surface area contributed by atoms with Gasteiger partial charge in [-0.15, -0.1) is 0 Å². The Labute approximate surface area is 200 Å². The molecule has 2 amide bonds. The number of aryl methyl sites for hydroxylation is 1. The number of halogens is 1. The summed E-state index contributed by atoms with van der Waals surface area (Å²) in [6.07, 6.45) is 2.98. The Morgan fingerprint density at radius 1 is 1.03 bits per heavy atom. The molecule has 0 unspecified atom stereocenters. The fraction of sp³-hybridized carbons (Fsp3) is 0.462. The number of carbonyl (C=O) groups excluding carboxylic acids is 2. The van der Waals surface area contributed by atoms with Crippen molar-refractivity contribution in [1.82, 2.24) is 10.2 Å². The van der Waals surface area contributed by atoms with E-state index in [0.717, 1.165) is 22.9 Å². The number of ether oxygens (including phenoxy) is 1. The molecule has 0 radical (unpaired) electrons. The lowest BCUT2D eigenvalue weighted by atomic mass is 10.1. The summed E-state index contributed by atoms with van der Waals surface area (Å²) in [7, 11) is 0. The van der Waals surface area contributed by atoms with Crippen LogP contribution in [0.25, 0.3) is 0 Å². The quantitative estimate of drug-likeness (QED) is 0.436. The summed E-state index contributed by atoms with van der Waals surface area (Å²) in [6.45, 7) is 8.36. The molecule has 0 heterocycles. The molecule has 0 bridgehead atoms. The van der Waals surface area contributed by atoms with E-state index in [0.29, 0.717) is 25.1 Å². The first kappa shape index (κ1) is 25.9. The predicted octanol–water partition coefficient (Wildman–Crippen LogP) is 5.15. The van der Waals surface area contributed by atoms with Crippen molar-refractivity contribution in [2.75, 3.05) is 13.2 Å². The number of benzene rings is 2. The van der Waals surface area contributed by atoms with Gasteiger partial charge in [-0.2, -0.15) is 0 Å². The molecule has 0 saturated carbocycles. The van der Waals surface area contributed by atoms with Gasteiger partial charge in [-0.1, -0.05) is 57.2 Å². The van der Waals surface area contributed by atoms with Crippen LogP contribution in [0.15, 0.2) is 53.0 Å². The molecule has 0 spiro atoms. The van der Waals surface area contributed by atoms with Crippen molar-refractivity contribution < 1.29 is 14.3 Å². The second-order valence-electron chi connectivity index (χ2n) is 7.97. The van der Waals surface area contributed by atoms with Gasteiger partial charge in [-0.05, 0) is 71.8 Å². The summed E-state index contributed by atoms with van der Waals surface area (Å²) in [5.74, 6) is 0.311. The zero-order valence-electron chi connectivity index (χ0n) is 19.6. The number of hydrogen-bond acceptors (Lipinski definition) is 3. The SMILES string of the molecule is CCc1ccc(OCC(=O)N(CCc2ccccc2)[C@H](CC)C(=O)N[C@@H](C)CC)c(Br)c1. The van der Waals surface area contributed by atoms with Crippen LogP contribution in [0.1, 0.15) is 51.7 Å². The summed E-state index contributed by atoms with van der Waals surface area (Å²) >= 11 is 3.52. The van der Waals surface area contributed by atoms with Crippen LogP contribution in [0.2, 0.25) is 0 Å². The molecule has 2 aromatic rings. The maximum atomic E-state index is 13.2. The van der Waals surface area contributed by atoms with E-state index >= 15 is 0 Å². The van der Waals surface area contributed by atoms with Gasteiger partial charge >= 0.3 is 0 Å². The van der Waals surface area contributed by atoms with Crippen molar-refractivity contribution in [2.45, 2.75) is 65.5 Å². The average molecular weight is 503 g/mol. The second kappa shape index (κ2) is 13.3.